The molecule has 10 N–H and O–H groups in total. The van der Waals surface area contributed by atoms with Gasteiger partial charge in [-0.15, -0.1) is 0 Å². The van der Waals surface area contributed by atoms with Gasteiger partial charge in [-0.05, 0) is 36.5 Å². The van der Waals surface area contributed by atoms with Gasteiger partial charge in [0.1, 0.15) is 18.1 Å². The van der Waals surface area contributed by atoms with E-state index in [1.54, 1.807) is 6.20 Å². The summed E-state index contributed by atoms with van der Waals surface area (Å²) in [6.07, 6.45) is 2.24. The van der Waals surface area contributed by atoms with Gasteiger partial charge >= 0.3 is 11.9 Å². The maximum atomic E-state index is 13.4. The van der Waals surface area contributed by atoms with E-state index in [2.05, 4.69) is 20.9 Å². The van der Waals surface area contributed by atoms with Gasteiger partial charge in [-0.25, -0.2) is 4.79 Å². The molecule has 0 saturated carbocycles. The lowest BCUT2D eigenvalue weighted by Gasteiger charge is -2.24. The number of hydrogen-bond acceptors (Lipinski definition) is 8. The van der Waals surface area contributed by atoms with Crippen LogP contribution in [0.25, 0.3) is 10.9 Å². The first-order chi connectivity index (χ1) is 18.9. The number of aromatic nitrogens is 1. The number of amides is 4. The molecule has 1 aromatic carbocycles. The number of thioether (sulfide) groups is 1. The van der Waals surface area contributed by atoms with Gasteiger partial charge < -0.3 is 42.6 Å². The van der Waals surface area contributed by atoms with Gasteiger partial charge in [0.2, 0.25) is 23.6 Å². The van der Waals surface area contributed by atoms with E-state index in [0.717, 1.165) is 10.9 Å². The monoisotopic (exact) mass is 578 g/mol. The van der Waals surface area contributed by atoms with Crippen molar-refractivity contribution in [3.8, 4) is 0 Å². The van der Waals surface area contributed by atoms with E-state index in [9.17, 15) is 33.9 Å². The van der Waals surface area contributed by atoms with E-state index in [4.69, 9.17) is 16.6 Å². The zero-order valence-electron chi connectivity index (χ0n) is 21.8. The lowest BCUT2D eigenvalue weighted by molar-refractivity contribution is -0.143. The summed E-state index contributed by atoms with van der Waals surface area (Å²) in [6, 6.07) is 1.99. The number of carboxylic acids is 2. The van der Waals surface area contributed by atoms with Crippen molar-refractivity contribution in [3.05, 3.63) is 36.0 Å². The van der Waals surface area contributed by atoms with Gasteiger partial charge in [0, 0.05) is 29.9 Å². The highest BCUT2D eigenvalue weighted by molar-refractivity contribution is 7.98. The highest BCUT2D eigenvalue weighted by Gasteiger charge is 2.32. The van der Waals surface area contributed by atoms with Crippen molar-refractivity contribution in [2.24, 2.45) is 11.5 Å². The molecule has 1 heterocycles. The standard InChI is InChI=1S/C25H34N6O8S/c1-40-9-8-15(26)22(35)30-18(10-13-12-28-16-5-3-2-4-14(13)16)23(36)31-19(11-20(27)32)24(37)29-17(25(38)39)6-7-21(33)34/h2-5,12,15,17-19,28H,6-11,26H2,1H3,(H2,27,32)(H,29,37)(H,30,35)(H,31,36)(H,33,34)(H,38,39). The van der Waals surface area contributed by atoms with Crippen LogP contribution in [0.3, 0.4) is 0 Å². The number of aliphatic carboxylic acids is 2. The Bertz CT molecular complexity index is 1230. The van der Waals surface area contributed by atoms with Gasteiger partial charge in [-0.3, -0.25) is 24.0 Å². The van der Waals surface area contributed by atoms with Crippen LogP contribution >= 0.6 is 11.8 Å². The van der Waals surface area contributed by atoms with Gasteiger partial charge in [-0.1, -0.05) is 18.2 Å². The fraction of sp³-hybridized carbons (Fsp3) is 0.440. The van der Waals surface area contributed by atoms with Crippen molar-refractivity contribution in [1.82, 2.24) is 20.9 Å². The molecule has 2 aromatic rings. The number of nitrogens with one attached hydrogen (secondary N) is 4. The van der Waals surface area contributed by atoms with Crippen molar-refractivity contribution < 1.29 is 39.0 Å². The van der Waals surface area contributed by atoms with Crippen LogP contribution in [0, 0.1) is 0 Å². The summed E-state index contributed by atoms with van der Waals surface area (Å²) in [4.78, 5) is 76.2. The lowest BCUT2D eigenvalue weighted by atomic mass is 10.0. The zero-order valence-corrected chi connectivity index (χ0v) is 22.7. The number of aromatic amines is 1. The van der Waals surface area contributed by atoms with Crippen LogP contribution in [-0.4, -0.2) is 86.9 Å². The zero-order chi connectivity index (χ0) is 29.8. The lowest BCUT2D eigenvalue weighted by Crippen LogP contribution is -2.58. The molecule has 1 aromatic heterocycles. The fourth-order valence-electron chi connectivity index (χ4n) is 3.86. The summed E-state index contributed by atoms with van der Waals surface area (Å²) >= 11 is 1.50. The first-order valence-corrected chi connectivity index (χ1v) is 13.8. The van der Waals surface area contributed by atoms with Crippen molar-refractivity contribution in [3.63, 3.8) is 0 Å². The maximum Gasteiger partial charge on any atom is 0.326 e. The van der Waals surface area contributed by atoms with Crippen molar-refractivity contribution in [1.29, 1.82) is 0 Å². The summed E-state index contributed by atoms with van der Waals surface area (Å²) in [6.45, 7) is 0. The molecule has 0 bridgehead atoms. The molecule has 4 atom stereocenters. The third kappa shape index (κ3) is 9.89. The average Bonchev–Trinajstić information content (AvgIpc) is 3.30. The second-order valence-electron chi connectivity index (χ2n) is 9.08. The average molecular weight is 579 g/mol. The number of carboxylic acid groups (broad SMARTS) is 2. The minimum absolute atomic E-state index is 0.00188. The minimum Gasteiger partial charge on any atom is -0.481 e. The number of fused-ring (bicyclic) bond motifs is 1. The first-order valence-electron chi connectivity index (χ1n) is 12.4. The largest absolute Gasteiger partial charge is 0.481 e. The number of hydrogen-bond donors (Lipinski definition) is 8. The van der Waals surface area contributed by atoms with Gasteiger partial charge in [0.15, 0.2) is 0 Å². The summed E-state index contributed by atoms with van der Waals surface area (Å²) in [5.74, 6) is -5.61. The molecule has 218 valence electrons. The highest BCUT2D eigenvalue weighted by Crippen LogP contribution is 2.19. The van der Waals surface area contributed by atoms with Crippen LogP contribution in [0.5, 0.6) is 0 Å². The van der Waals surface area contributed by atoms with Crippen molar-refractivity contribution >= 4 is 58.2 Å². The van der Waals surface area contributed by atoms with Gasteiger partial charge in [0.25, 0.3) is 0 Å². The number of para-hydroxylation sites is 1. The minimum atomic E-state index is -1.59. The van der Waals surface area contributed by atoms with Crippen LogP contribution in [0.15, 0.2) is 30.5 Å². The topological polar surface area (TPSA) is 247 Å². The molecule has 0 fully saturated rings. The van der Waals surface area contributed by atoms with Gasteiger partial charge in [0.05, 0.1) is 12.5 Å². The van der Waals surface area contributed by atoms with Crippen molar-refractivity contribution in [2.45, 2.75) is 56.3 Å². The molecule has 40 heavy (non-hydrogen) atoms. The summed E-state index contributed by atoms with van der Waals surface area (Å²) in [5, 5.41) is 26.1. The molecule has 0 aliphatic heterocycles. The molecule has 4 amide bonds. The molecule has 4 unspecified atom stereocenters. The molecular weight excluding hydrogens is 544 g/mol. The quantitative estimate of drug-likeness (QED) is 0.114. The number of benzene rings is 1. The summed E-state index contributed by atoms with van der Waals surface area (Å²) in [7, 11) is 0. The molecule has 0 aliphatic rings. The van der Waals surface area contributed by atoms with E-state index in [0.29, 0.717) is 17.7 Å². The molecule has 0 spiro atoms. The van der Waals surface area contributed by atoms with Crippen LogP contribution in [0.2, 0.25) is 0 Å². The normalized spacial score (nSPS) is 13.9. The number of primary amides is 1. The molecule has 2 rings (SSSR count). The Balaban J connectivity index is 2.28. The predicted molar refractivity (Wildman–Crippen MR) is 147 cm³/mol. The second kappa shape index (κ2) is 15.5. The SMILES string of the molecule is CSCCC(N)C(=O)NC(Cc1c[nH]c2ccccc12)C(=O)NC(CC(N)=O)C(=O)NC(CCC(=O)O)C(=O)O. The Morgan fingerprint density at radius 3 is 2.17 bits per heavy atom. The number of rotatable bonds is 17. The van der Waals surface area contributed by atoms with Crippen LogP contribution in [-0.2, 0) is 35.2 Å². The van der Waals surface area contributed by atoms with Gasteiger partial charge in [-0.2, -0.15) is 11.8 Å². The Morgan fingerprint density at radius 1 is 0.925 bits per heavy atom. The molecule has 0 saturated heterocycles. The third-order valence-corrected chi connectivity index (χ3v) is 6.65. The smallest absolute Gasteiger partial charge is 0.326 e. The Labute approximate surface area is 234 Å². The third-order valence-electron chi connectivity index (χ3n) is 6.00. The number of carbonyl (C=O) groups excluding carboxylic acids is 4. The Kier molecular flexibility index (Phi) is 12.4. The molecule has 0 aliphatic carbocycles. The molecular formula is C25H34N6O8S. The van der Waals surface area contributed by atoms with E-state index in [1.165, 1.54) is 11.8 Å². The fourth-order valence-corrected chi connectivity index (χ4v) is 4.35. The molecule has 0 radical (unpaired) electrons. The van der Waals surface area contributed by atoms with E-state index >= 15 is 0 Å². The predicted octanol–water partition coefficient (Wildman–Crippen LogP) is -0.930. The summed E-state index contributed by atoms with van der Waals surface area (Å²) in [5.41, 5.74) is 12.7. The second-order valence-corrected chi connectivity index (χ2v) is 10.1. The molecule has 15 heteroatoms. The molecule has 14 nitrogen and oxygen atoms in total. The van der Waals surface area contributed by atoms with E-state index in [-0.39, 0.29) is 6.42 Å². The van der Waals surface area contributed by atoms with E-state index in [1.807, 2.05) is 30.5 Å². The van der Waals surface area contributed by atoms with Crippen LogP contribution < -0.4 is 27.4 Å². The number of carbonyl (C=O) groups is 6. The Morgan fingerprint density at radius 2 is 1.55 bits per heavy atom. The van der Waals surface area contributed by atoms with Crippen molar-refractivity contribution in [2.75, 3.05) is 12.0 Å². The number of H-pyrrole nitrogens is 1. The summed E-state index contributed by atoms with van der Waals surface area (Å²) < 4.78 is 0. The Hall–Kier alpha value is -4.11. The first kappa shape index (κ1) is 32.1. The maximum absolute atomic E-state index is 13.4. The van der Waals surface area contributed by atoms with Crippen LogP contribution in [0.4, 0.5) is 0 Å². The van der Waals surface area contributed by atoms with E-state index < -0.39 is 79.0 Å². The van der Waals surface area contributed by atoms with Crippen LogP contribution in [0.1, 0.15) is 31.2 Å². The number of nitrogens with two attached hydrogens (primary N) is 2. The highest BCUT2D eigenvalue weighted by atomic mass is 32.2.